The van der Waals surface area contributed by atoms with E-state index in [-0.39, 0.29) is 5.91 Å². The summed E-state index contributed by atoms with van der Waals surface area (Å²) in [5, 5.41) is 14.5. The third-order valence-corrected chi connectivity index (χ3v) is 3.55. The molecule has 0 aromatic heterocycles. The molecule has 5 nitrogen and oxygen atoms in total. The molecule has 0 spiro atoms. The van der Waals surface area contributed by atoms with Crippen molar-refractivity contribution in [3.05, 3.63) is 59.7 Å². The number of amidine groups is 1. The number of carbonyl (C=O) groups excluding carboxylic acids is 1. The zero-order valence-electron chi connectivity index (χ0n) is 12.8. The van der Waals surface area contributed by atoms with Crippen LogP contribution in [0.1, 0.15) is 15.9 Å². The molecule has 0 bridgehead atoms. The minimum Gasteiger partial charge on any atom is -0.322 e. The van der Waals surface area contributed by atoms with Crippen molar-refractivity contribution >= 4 is 34.2 Å². The van der Waals surface area contributed by atoms with Gasteiger partial charge in [-0.15, -0.1) is 0 Å². The summed E-state index contributed by atoms with van der Waals surface area (Å²) in [6.45, 7) is 1.97. The summed E-state index contributed by atoms with van der Waals surface area (Å²) in [6.07, 6.45) is 3.65. The standard InChI is InChI=1S/C17H16N4OS/c1-12-5-3-7-14(9-12)20-16(22)13-6-4-8-15(10-13)21-17(23-2)19-11-18/h3-10H,1-2H3,(H,19,21)(H,20,22). The summed E-state index contributed by atoms with van der Waals surface area (Å²) in [5.74, 6) is -0.202. The molecule has 0 saturated carbocycles. The molecule has 2 aromatic rings. The van der Waals surface area contributed by atoms with Crippen LogP contribution in [0.3, 0.4) is 0 Å². The molecular weight excluding hydrogens is 308 g/mol. The van der Waals surface area contributed by atoms with Crippen molar-refractivity contribution in [1.29, 1.82) is 5.26 Å². The fourth-order valence-corrected chi connectivity index (χ4v) is 2.28. The van der Waals surface area contributed by atoms with Gasteiger partial charge in [-0.2, -0.15) is 5.26 Å². The Labute approximate surface area is 139 Å². The van der Waals surface area contributed by atoms with E-state index in [9.17, 15) is 4.79 Å². The van der Waals surface area contributed by atoms with Crippen molar-refractivity contribution in [3.8, 4) is 6.19 Å². The molecule has 0 heterocycles. The number of benzene rings is 2. The topological polar surface area (TPSA) is 77.3 Å². The smallest absolute Gasteiger partial charge is 0.255 e. The summed E-state index contributed by atoms with van der Waals surface area (Å²) in [6, 6.07) is 14.5. The number of nitrogens with one attached hydrogen (secondary N) is 2. The van der Waals surface area contributed by atoms with Crippen LogP contribution in [-0.2, 0) is 0 Å². The zero-order valence-corrected chi connectivity index (χ0v) is 13.6. The van der Waals surface area contributed by atoms with Crippen LogP contribution in [0, 0.1) is 18.4 Å². The maximum Gasteiger partial charge on any atom is 0.255 e. The van der Waals surface area contributed by atoms with Gasteiger partial charge in [0, 0.05) is 11.3 Å². The molecule has 23 heavy (non-hydrogen) atoms. The van der Waals surface area contributed by atoms with E-state index < -0.39 is 0 Å². The summed E-state index contributed by atoms with van der Waals surface area (Å²) in [5.41, 5.74) is 2.94. The highest BCUT2D eigenvalue weighted by atomic mass is 32.2. The van der Waals surface area contributed by atoms with Crippen molar-refractivity contribution in [2.24, 2.45) is 4.99 Å². The minimum absolute atomic E-state index is 0.202. The van der Waals surface area contributed by atoms with E-state index in [1.165, 1.54) is 11.8 Å². The molecule has 2 rings (SSSR count). The van der Waals surface area contributed by atoms with E-state index in [0.29, 0.717) is 16.4 Å². The van der Waals surface area contributed by atoms with Crippen molar-refractivity contribution in [2.45, 2.75) is 6.92 Å². The largest absolute Gasteiger partial charge is 0.322 e. The van der Waals surface area contributed by atoms with Crippen LogP contribution in [-0.4, -0.2) is 17.3 Å². The van der Waals surface area contributed by atoms with E-state index >= 15 is 0 Å². The molecule has 1 amide bonds. The minimum atomic E-state index is -0.202. The SMILES string of the molecule is CSC(=Nc1cccc(C(=O)Nc2cccc(C)c2)c1)NC#N. The second-order valence-corrected chi connectivity index (χ2v) is 5.53. The molecule has 0 saturated heterocycles. The maximum atomic E-state index is 12.3. The Hall–Kier alpha value is -2.78. The van der Waals surface area contributed by atoms with Gasteiger partial charge in [0.2, 0.25) is 0 Å². The first-order chi connectivity index (χ1) is 11.1. The molecule has 0 aliphatic rings. The number of anilines is 1. The highest BCUT2D eigenvalue weighted by Gasteiger charge is 2.07. The quantitative estimate of drug-likeness (QED) is 0.391. The summed E-state index contributed by atoms with van der Waals surface area (Å²) < 4.78 is 0. The van der Waals surface area contributed by atoms with Crippen LogP contribution in [0.25, 0.3) is 0 Å². The second-order valence-electron chi connectivity index (χ2n) is 4.73. The molecule has 116 valence electrons. The molecule has 0 aliphatic heterocycles. The van der Waals surface area contributed by atoms with E-state index in [0.717, 1.165) is 11.3 Å². The van der Waals surface area contributed by atoms with Gasteiger partial charge in [-0.1, -0.05) is 30.0 Å². The predicted molar refractivity (Wildman–Crippen MR) is 94.9 cm³/mol. The average molecular weight is 324 g/mol. The first kappa shape index (κ1) is 16.6. The fraction of sp³-hybridized carbons (Fsp3) is 0.118. The van der Waals surface area contributed by atoms with Gasteiger partial charge < -0.3 is 5.32 Å². The van der Waals surface area contributed by atoms with Gasteiger partial charge in [0.05, 0.1) is 5.69 Å². The number of rotatable bonds is 3. The zero-order chi connectivity index (χ0) is 16.7. The van der Waals surface area contributed by atoms with Crippen LogP contribution in [0.5, 0.6) is 0 Å². The lowest BCUT2D eigenvalue weighted by molar-refractivity contribution is 0.102. The van der Waals surface area contributed by atoms with E-state index in [4.69, 9.17) is 5.26 Å². The molecule has 6 heteroatoms. The lowest BCUT2D eigenvalue weighted by Crippen LogP contribution is -2.13. The summed E-state index contributed by atoms with van der Waals surface area (Å²) in [4.78, 5) is 16.6. The van der Waals surface area contributed by atoms with Gasteiger partial charge in [-0.25, -0.2) is 4.99 Å². The van der Waals surface area contributed by atoms with Crippen LogP contribution in [0.4, 0.5) is 11.4 Å². The van der Waals surface area contributed by atoms with Crippen molar-refractivity contribution in [1.82, 2.24) is 5.32 Å². The Morgan fingerprint density at radius 3 is 2.70 bits per heavy atom. The highest BCUT2D eigenvalue weighted by molar-refractivity contribution is 8.13. The summed E-state index contributed by atoms with van der Waals surface area (Å²) in [7, 11) is 0. The molecule has 0 radical (unpaired) electrons. The maximum absolute atomic E-state index is 12.3. The van der Waals surface area contributed by atoms with Crippen molar-refractivity contribution in [2.75, 3.05) is 11.6 Å². The lowest BCUT2D eigenvalue weighted by Gasteiger charge is -2.07. The number of hydrogen-bond donors (Lipinski definition) is 2. The van der Waals surface area contributed by atoms with Crippen LogP contribution in [0.15, 0.2) is 53.5 Å². The number of hydrogen-bond acceptors (Lipinski definition) is 4. The van der Waals surface area contributed by atoms with Crippen molar-refractivity contribution in [3.63, 3.8) is 0 Å². The average Bonchev–Trinajstić information content (AvgIpc) is 2.54. The number of nitrogens with zero attached hydrogens (tertiary/aromatic N) is 2. The van der Waals surface area contributed by atoms with Crippen LogP contribution >= 0.6 is 11.8 Å². The van der Waals surface area contributed by atoms with Gasteiger partial charge in [0.15, 0.2) is 11.4 Å². The molecular formula is C17H16N4OS. The summed E-state index contributed by atoms with van der Waals surface area (Å²) >= 11 is 1.32. The van der Waals surface area contributed by atoms with E-state index in [1.54, 1.807) is 24.3 Å². The first-order valence-electron chi connectivity index (χ1n) is 6.88. The van der Waals surface area contributed by atoms with Gasteiger partial charge in [-0.05, 0) is 49.1 Å². The Kier molecular flexibility index (Phi) is 5.78. The third-order valence-electron chi connectivity index (χ3n) is 2.97. The molecule has 0 atom stereocenters. The molecule has 2 N–H and O–H groups in total. The normalized spacial score (nSPS) is 10.7. The Balaban J connectivity index is 2.19. The number of amides is 1. The van der Waals surface area contributed by atoms with Gasteiger partial charge in [0.1, 0.15) is 0 Å². The molecule has 0 aliphatic carbocycles. The Morgan fingerprint density at radius 2 is 2.00 bits per heavy atom. The van der Waals surface area contributed by atoms with E-state index in [1.807, 2.05) is 43.6 Å². The van der Waals surface area contributed by atoms with Gasteiger partial charge in [0.25, 0.3) is 5.91 Å². The predicted octanol–water partition coefficient (Wildman–Crippen LogP) is 3.67. The van der Waals surface area contributed by atoms with Crippen molar-refractivity contribution < 1.29 is 4.79 Å². The molecule has 0 fully saturated rings. The van der Waals surface area contributed by atoms with E-state index in [2.05, 4.69) is 15.6 Å². The fourth-order valence-electron chi connectivity index (χ4n) is 1.93. The number of nitriles is 1. The highest BCUT2D eigenvalue weighted by Crippen LogP contribution is 2.18. The second kappa shape index (κ2) is 8.01. The lowest BCUT2D eigenvalue weighted by atomic mass is 10.1. The third kappa shape index (κ3) is 4.87. The number of thioether (sulfide) groups is 1. The Morgan fingerprint density at radius 1 is 1.22 bits per heavy atom. The van der Waals surface area contributed by atoms with Crippen LogP contribution in [0.2, 0.25) is 0 Å². The molecule has 0 unspecified atom stereocenters. The monoisotopic (exact) mass is 324 g/mol. The first-order valence-corrected chi connectivity index (χ1v) is 8.10. The van der Waals surface area contributed by atoms with Gasteiger partial charge in [-0.3, -0.25) is 10.1 Å². The number of carbonyl (C=O) groups is 1. The van der Waals surface area contributed by atoms with Gasteiger partial charge >= 0.3 is 0 Å². The van der Waals surface area contributed by atoms with Crippen LogP contribution < -0.4 is 10.6 Å². The number of aryl methyl sites for hydroxylation is 1. The Bertz CT molecular complexity index is 780. The number of aliphatic imine (C=N–C) groups is 1. The molecule has 2 aromatic carbocycles.